The van der Waals surface area contributed by atoms with Crippen LogP contribution < -0.4 is 5.32 Å². The Morgan fingerprint density at radius 2 is 1.82 bits per heavy atom. The molecule has 0 radical (unpaired) electrons. The van der Waals surface area contributed by atoms with Crippen molar-refractivity contribution in [1.29, 1.82) is 0 Å². The normalized spacial score (nSPS) is 10.5. The van der Waals surface area contributed by atoms with Crippen LogP contribution in [-0.4, -0.2) is 11.7 Å². The molecule has 0 saturated heterocycles. The predicted molar refractivity (Wildman–Crippen MR) is 87.1 cm³/mol. The summed E-state index contributed by atoms with van der Waals surface area (Å²) in [5.74, 6) is -1.14. The average molecular weight is 321 g/mol. The third-order valence-electron chi connectivity index (χ3n) is 3.22. The van der Waals surface area contributed by atoms with Gasteiger partial charge < -0.3 is 5.32 Å². The van der Waals surface area contributed by atoms with E-state index in [4.69, 9.17) is 0 Å². The standard InChI is InChI=1S/C17H17F2NOS/c1-11-6-7-12(2)13(8-11)9-22-10-16(21)20-17-14(18)4-3-5-15(17)19/h3-8H,9-10H2,1-2H3,(H,20,21). The summed E-state index contributed by atoms with van der Waals surface area (Å²) < 4.78 is 26.9. The zero-order valence-corrected chi connectivity index (χ0v) is 13.3. The number of hydrogen-bond donors (Lipinski definition) is 1. The number of amides is 1. The largest absolute Gasteiger partial charge is 0.320 e. The fraction of sp³-hybridized carbons (Fsp3) is 0.235. The van der Waals surface area contributed by atoms with Crippen LogP contribution in [0.2, 0.25) is 0 Å². The van der Waals surface area contributed by atoms with Gasteiger partial charge in [0.05, 0.1) is 5.75 Å². The molecule has 0 unspecified atom stereocenters. The highest BCUT2D eigenvalue weighted by atomic mass is 32.2. The lowest BCUT2D eigenvalue weighted by atomic mass is 10.1. The zero-order valence-electron chi connectivity index (χ0n) is 12.5. The maximum Gasteiger partial charge on any atom is 0.234 e. The summed E-state index contributed by atoms with van der Waals surface area (Å²) in [5, 5.41) is 2.28. The van der Waals surface area contributed by atoms with E-state index >= 15 is 0 Å². The number of carbonyl (C=O) groups excluding carboxylic acids is 1. The Hall–Kier alpha value is -1.88. The minimum atomic E-state index is -0.770. The van der Waals surface area contributed by atoms with Crippen molar-refractivity contribution in [2.24, 2.45) is 0 Å². The minimum Gasteiger partial charge on any atom is -0.320 e. The van der Waals surface area contributed by atoms with E-state index in [9.17, 15) is 13.6 Å². The lowest BCUT2D eigenvalue weighted by Gasteiger charge is -2.09. The molecular formula is C17H17F2NOS. The molecule has 0 bridgehead atoms. The van der Waals surface area contributed by atoms with Crippen LogP contribution in [0.4, 0.5) is 14.5 Å². The highest BCUT2D eigenvalue weighted by Crippen LogP contribution is 2.20. The Bertz CT molecular complexity index is 668. The van der Waals surface area contributed by atoms with Gasteiger partial charge in [0.25, 0.3) is 0 Å². The Kier molecular flexibility index (Phi) is 5.55. The summed E-state index contributed by atoms with van der Waals surface area (Å²) in [5.41, 5.74) is 3.10. The smallest absolute Gasteiger partial charge is 0.234 e. The molecule has 0 saturated carbocycles. The number of anilines is 1. The van der Waals surface area contributed by atoms with Gasteiger partial charge in [0.2, 0.25) is 5.91 Å². The third kappa shape index (κ3) is 4.31. The monoisotopic (exact) mass is 321 g/mol. The molecule has 2 aromatic rings. The highest BCUT2D eigenvalue weighted by molar-refractivity contribution is 7.99. The molecule has 0 heterocycles. The van der Waals surface area contributed by atoms with Gasteiger partial charge in [-0.25, -0.2) is 8.78 Å². The molecule has 0 atom stereocenters. The summed E-state index contributed by atoms with van der Waals surface area (Å²) in [7, 11) is 0. The van der Waals surface area contributed by atoms with Gasteiger partial charge in [-0.3, -0.25) is 4.79 Å². The lowest BCUT2D eigenvalue weighted by Crippen LogP contribution is -2.16. The molecule has 116 valence electrons. The van der Waals surface area contributed by atoms with E-state index in [1.54, 1.807) is 0 Å². The molecule has 1 N–H and O–H groups in total. The number of thioether (sulfide) groups is 1. The van der Waals surface area contributed by atoms with Crippen LogP contribution in [0.25, 0.3) is 0 Å². The quantitative estimate of drug-likeness (QED) is 0.881. The molecular weight excluding hydrogens is 304 g/mol. The second kappa shape index (κ2) is 7.40. The van der Waals surface area contributed by atoms with Gasteiger partial charge in [-0.2, -0.15) is 0 Å². The van der Waals surface area contributed by atoms with E-state index in [1.807, 2.05) is 26.0 Å². The summed E-state index contributed by atoms with van der Waals surface area (Å²) in [6, 6.07) is 9.65. The van der Waals surface area contributed by atoms with Crippen LogP contribution in [0, 0.1) is 25.5 Å². The van der Waals surface area contributed by atoms with Crippen LogP contribution in [0.3, 0.4) is 0 Å². The van der Waals surface area contributed by atoms with Crippen molar-refractivity contribution in [3.05, 3.63) is 64.7 Å². The maximum atomic E-state index is 13.4. The molecule has 2 aromatic carbocycles. The second-order valence-electron chi connectivity index (χ2n) is 5.07. The number of carbonyl (C=O) groups is 1. The maximum absolute atomic E-state index is 13.4. The van der Waals surface area contributed by atoms with Crippen LogP contribution in [0.1, 0.15) is 16.7 Å². The Balaban J connectivity index is 1.89. The van der Waals surface area contributed by atoms with E-state index in [-0.39, 0.29) is 11.4 Å². The van der Waals surface area contributed by atoms with Crippen LogP contribution >= 0.6 is 11.8 Å². The average Bonchev–Trinajstić information content (AvgIpc) is 2.47. The van der Waals surface area contributed by atoms with Crippen molar-refractivity contribution < 1.29 is 13.6 Å². The number of benzene rings is 2. The molecule has 1 amide bonds. The number of nitrogens with one attached hydrogen (secondary N) is 1. The Morgan fingerprint density at radius 1 is 1.14 bits per heavy atom. The van der Waals surface area contributed by atoms with Crippen LogP contribution in [0.15, 0.2) is 36.4 Å². The third-order valence-corrected chi connectivity index (χ3v) is 4.20. The van der Waals surface area contributed by atoms with Crippen molar-refractivity contribution >= 4 is 23.4 Å². The summed E-state index contributed by atoms with van der Waals surface area (Å²) in [6.07, 6.45) is 0. The topological polar surface area (TPSA) is 29.1 Å². The highest BCUT2D eigenvalue weighted by Gasteiger charge is 2.12. The van der Waals surface area contributed by atoms with Crippen molar-refractivity contribution in [3.8, 4) is 0 Å². The van der Waals surface area contributed by atoms with E-state index in [0.29, 0.717) is 5.75 Å². The van der Waals surface area contributed by atoms with Crippen molar-refractivity contribution in [2.75, 3.05) is 11.1 Å². The van der Waals surface area contributed by atoms with Gasteiger partial charge in [0.1, 0.15) is 17.3 Å². The second-order valence-corrected chi connectivity index (χ2v) is 6.05. The van der Waals surface area contributed by atoms with Crippen LogP contribution in [-0.2, 0) is 10.5 Å². The van der Waals surface area contributed by atoms with Gasteiger partial charge >= 0.3 is 0 Å². The van der Waals surface area contributed by atoms with Gasteiger partial charge in [-0.15, -0.1) is 11.8 Å². The number of rotatable bonds is 5. The number of aryl methyl sites for hydroxylation is 2. The van der Waals surface area contributed by atoms with Crippen molar-refractivity contribution in [1.82, 2.24) is 0 Å². The number of para-hydroxylation sites is 1. The molecule has 0 aromatic heterocycles. The van der Waals surface area contributed by atoms with E-state index < -0.39 is 17.5 Å². The first-order chi connectivity index (χ1) is 10.5. The molecule has 2 nitrogen and oxygen atoms in total. The fourth-order valence-corrected chi connectivity index (χ4v) is 2.89. The van der Waals surface area contributed by atoms with Gasteiger partial charge in [-0.05, 0) is 37.1 Å². The predicted octanol–water partition coefficient (Wildman–Crippen LogP) is 4.45. The summed E-state index contributed by atoms with van der Waals surface area (Å²) in [6.45, 7) is 4.03. The van der Waals surface area contributed by atoms with E-state index in [0.717, 1.165) is 17.7 Å². The molecule has 5 heteroatoms. The van der Waals surface area contributed by atoms with Gasteiger partial charge in [0, 0.05) is 5.75 Å². The van der Waals surface area contributed by atoms with Crippen LogP contribution in [0.5, 0.6) is 0 Å². The number of halogens is 2. The fourth-order valence-electron chi connectivity index (χ4n) is 2.00. The molecule has 0 aliphatic heterocycles. The Morgan fingerprint density at radius 3 is 2.50 bits per heavy atom. The van der Waals surface area contributed by atoms with Gasteiger partial charge in [0.15, 0.2) is 0 Å². The lowest BCUT2D eigenvalue weighted by molar-refractivity contribution is -0.113. The van der Waals surface area contributed by atoms with Crippen molar-refractivity contribution in [3.63, 3.8) is 0 Å². The van der Waals surface area contributed by atoms with E-state index in [2.05, 4.69) is 11.4 Å². The molecule has 0 aliphatic carbocycles. The zero-order chi connectivity index (χ0) is 16.1. The minimum absolute atomic E-state index is 0.140. The molecule has 2 rings (SSSR count). The summed E-state index contributed by atoms with van der Waals surface area (Å²) >= 11 is 1.41. The van der Waals surface area contributed by atoms with Gasteiger partial charge in [-0.1, -0.05) is 29.8 Å². The first-order valence-electron chi connectivity index (χ1n) is 6.85. The first-order valence-corrected chi connectivity index (χ1v) is 8.00. The van der Waals surface area contributed by atoms with E-state index in [1.165, 1.54) is 29.0 Å². The van der Waals surface area contributed by atoms with Crippen molar-refractivity contribution in [2.45, 2.75) is 19.6 Å². The SMILES string of the molecule is Cc1ccc(C)c(CSCC(=O)Nc2c(F)cccc2F)c1. The Labute approximate surface area is 132 Å². The molecule has 0 aliphatic rings. The number of hydrogen-bond acceptors (Lipinski definition) is 2. The molecule has 0 spiro atoms. The summed E-state index contributed by atoms with van der Waals surface area (Å²) in [4.78, 5) is 11.8. The molecule has 0 fully saturated rings. The first kappa shape index (κ1) is 16.5. The molecule has 22 heavy (non-hydrogen) atoms.